The highest BCUT2D eigenvalue weighted by molar-refractivity contribution is 6.32. The minimum Gasteiger partial charge on any atom is -0.382 e. The summed E-state index contributed by atoms with van der Waals surface area (Å²) < 4.78 is 0. The van der Waals surface area contributed by atoms with Crippen molar-refractivity contribution in [2.75, 3.05) is 11.5 Å². The van der Waals surface area contributed by atoms with Crippen LogP contribution in [0.2, 0.25) is 5.15 Å². The molecule has 11 heavy (non-hydrogen) atoms. The summed E-state index contributed by atoms with van der Waals surface area (Å²) in [5, 5.41) is 2.39. The molecule has 0 aliphatic rings. The molecule has 0 aliphatic carbocycles. The van der Waals surface area contributed by atoms with Crippen molar-refractivity contribution in [3.8, 4) is 0 Å². The van der Waals surface area contributed by atoms with Gasteiger partial charge in [0.1, 0.15) is 0 Å². The predicted molar refractivity (Wildman–Crippen MR) is 41.3 cm³/mol. The van der Waals surface area contributed by atoms with Crippen molar-refractivity contribution < 1.29 is 0 Å². The quantitative estimate of drug-likeness (QED) is 0.480. The molecule has 4 N–H and O–H groups in total. The molecule has 1 rings (SSSR count). The minimum absolute atomic E-state index is 0.0834. The second-order valence-corrected chi connectivity index (χ2v) is 2.06. The highest BCUT2D eigenvalue weighted by Crippen LogP contribution is 2.27. The lowest BCUT2D eigenvalue weighted by atomic mass is 10.5. The van der Waals surface area contributed by atoms with E-state index in [2.05, 4.69) is 15.1 Å². The van der Waals surface area contributed by atoms with Gasteiger partial charge in [-0.2, -0.15) is 9.97 Å². The van der Waals surface area contributed by atoms with Gasteiger partial charge < -0.3 is 11.5 Å². The first-order valence-electron chi connectivity index (χ1n) is 2.57. The van der Waals surface area contributed by atoms with E-state index < -0.39 is 0 Å². The Morgan fingerprint density at radius 1 is 1.36 bits per heavy atom. The Balaban J connectivity index is 3.36. The lowest BCUT2D eigenvalue weighted by Gasteiger charge is -1.98. The van der Waals surface area contributed by atoms with E-state index in [0.29, 0.717) is 0 Å². The van der Waals surface area contributed by atoms with Crippen molar-refractivity contribution in [1.82, 2.24) is 9.97 Å². The molecule has 6 nitrogen and oxygen atoms in total. The first-order valence-corrected chi connectivity index (χ1v) is 2.94. The number of nitrogen functional groups attached to an aromatic ring is 2. The van der Waals surface area contributed by atoms with Crippen LogP contribution < -0.4 is 11.5 Å². The summed E-state index contributed by atoms with van der Waals surface area (Å²) in [7, 11) is 0. The molecule has 0 atom stereocenters. The maximum Gasteiger partial charge on any atom is 0.223 e. The monoisotopic (exact) mass is 173 g/mol. The molecular weight excluding hydrogens is 170 g/mol. The van der Waals surface area contributed by atoms with E-state index in [1.807, 2.05) is 0 Å². The van der Waals surface area contributed by atoms with Crippen LogP contribution >= 0.6 is 11.6 Å². The van der Waals surface area contributed by atoms with Crippen LogP contribution in [0.4, 0.5) is 17.5 Å². The molecule has 0 saturated carbocycles. The summed E-state index contributed by atoms with van der Waals surface area (Å²) in [6.45, 7) is 0. The summed E-state index contributed by atoms with van der Waals surface area (Å²) in [5.74, 6) is -0.197. The molecule has 58 valence electrons. The molecule has 0 radical (unpaired) electrons. The third-order valence-electron chi connectivity index (χ3n) is 0.977. The number of rotatable bonds is 1. The second-order valence-electron chi connectivity index (χ2n) is 1.70. The zero-order valence-electron chi connectivity index (χ0n) is 5.28. The van der Waals surface area contributed by atoms with Crippen LogP contribution in [0.1, 0.15) is 0 Å². The molecule has 0 spiro atoms. The van der Waals surface area contributed by atoms with Crippen LogP contribution in [0.15, 0.2) is 5.18 Å². The molecule has 7 heteroatoms. The highest BCUT2D eigenvalue weighted by Gasteiger charge is 2.08. The van der Waals surface area contributed by atoms with Gasteiger partial charge >= 0.3 is 0 Å². The van der Waals surface area contributed by atoms with Crippen LogP contribution in [-0.2, 0) is 0 Å². The van der Waals surface area contributed by atoms with Crippen molar-refractivity contribution in [3.05, 3.63) is 10.1 Å². The number of anilines is 2. The molecule has 0 amide bonds. The topological polar surface area (TPSA) is 107 Å². The van der Waals surface area contributed by atoms with Gasteiger partial charge in [-0.15, -0.1) is 4.91 Å². The zero-order valence-corrected chi connectivity index (χ0v) is 6.04. The smallest absolute Gasteiger partial charge is 0.223 e. The number of hydrogen-bond donors (Lipinski definition) is 2. The highest BCUT2D eigenvalue weighted by atomic mass is 35.5. The normalized spacial score (nSPS) is 9.55. The van der Waals surface area contributed by atoms with Gasteiger partial charge in [0.25, 0.3) is 0 Å². The molecule has 1 aromatic rings. The lowest BCUT2D eigenvalue weighted by Crippen LogP contribution is -1.99. The van der Waals surface area contributed by atoms with E-state index >= 15 is 0 Å². The molecule has 0 fully saturated rings. The minimum atomic E-state index is -0.180. The van der Waals surface area contributed by atoms with Gasteiger partial charge in [-0.05, 0) is 5.18 Å². The average Bonchev–Trinajstić information content (AvgIpc) is 1.85. The average molecular weight is 174 g/mol. The third kappa shape index (κ3) is 1.35. The van der Waals surface area contributed by atoms with Gasteiger partial charge in [0, 0.05) is 0 Å². The van der Waals surface area contributed by atoms with E-state index in [0.717, 1.165) is 0 Å². The maximum atomic E-state index is 10.0. The molecule has 0 saturated heterocycles. The van der Waals surface area contributed by atoms with Crippen molar-refractivity contribution >= 4 is 29.1 Å². The fraction of sp³-hybridized carbons (Fsp3) is 0. The molecular formula is C4H4ClN5O. The number of hydrogen-bond acceptors (Lipinski definition) is 6. The zero-order chi connectivity index (χ0) is 8.43. The molecule has 0 bridgehead atoms. The van der Waals surface area contributed by atoms with Gasteiger partial charge in [-0.25, -0.2) is 0 Å². The molecule has 1 heterocycles. The van der Waals surface area contributed by atoms with E-state index in [1.54, 1.807) is 0 Å². The van der Waals surface area contributed by atoms with Gasteiger partial charge in [-0.3, -0.25) is 0 Å². The van der Waals surface area contributed by atoms with E-state index in [4.69, 9.17) is 23.1 Å². The summed E-state index contributed by atoms with van der Waals surface area (Å²) in [6.07, 6.45) is 0. The van der Waals surface area contributed by atoms with Crippen LogP contribution in [-0.4, -0.2) is 9.97 Å². The largest absolute Gasteiger partial charge is 0.382 e. The van der Waals surface area contributed by atoms with Crippen LogP contribution in [0.3, 0.4) is 0 Å². The summed E-state index contributed by atoms with van der Waals surface area (Å²) >= 11 is 5.43. The SMILES string of the molecule is Nc1nc(N)c(N=O)c(Cl)n1. The maximum absolute atomic E-state index is 10.0. The molecule has 0 aliphatic heterocycles. The number of halogens is 1. The fourth-order valence-corrected chi connectivity index (χ4v) is 0.763. The van der Waals surface area contributed by atoms with Gasteiger partial charge in [0.05, 0.1) is 0 Å². The standard InChI is InChI=1S/C4H4ClN5O/c5-2-1(10-11)3(6)9-4(7)8-2/h(H4,6,7,8,9). The number of nitrogens with two attached hydrogens (primary N) is 2. The predicted octanol–water partition coefficient (Wildman–Crippen LogP) is 0.692. The number of nitrogens with zero attached hydrogens (tertiary/aromatic N) is 3. The third-order valence-corrected chi connectivity index (χ3v) is 1.24. The Bertz CT molecular complexity index is 278. The second kappa shape index (κ2) is 2.67. The van der Waals surface area contributed by atoms with Gasteiger partial charge in [-0.1, -0.05) is 11.6 Å². The van der Waals surface area contributed by atoms with E-state index in [9.17, 15) is 4.91 Å². The fourth-order valence-electron chi connectivity index (χ4n) is 0.545. The van der Waals surface area contributed by atoms with Crippen molar-refractivity contribution in [3.63, 3.8) is 0 Å². The lowest BCUT2D eigenvalue weighted by molar-refractivity contribution is 1.18. The Morgan fingerprint density at radius 3 is 2.45 bits per heavy atom. The molecule has 0 aromatic carbocycles. The van der Waals surface area contributed by atoms with E-state index in [-0.39, 0.29) is 22.6 Å². The van der Waals surface area contributed by atoms with Gasteiger partial charge in [0.15, 0.2) is 16.7 Å². The van der Waals surface area contributed by atoms with Crippen LogP contribution in [0.25, 0.3) is 0 Å². The van der Waals surface area contributed by atoms with Crippen LogP contribution in [0, 0.1) is 4.91 Å². The summed E-state index contributed by atoms with van der Waals surface area (Å²) in [6, 6.07) is 0. The Labute approximate surface area is 66.5 Å². The Morgan fingerprint density at radius 2 is 2.00 bits per heavy atom. The van der Waals surface area contributed by atoms with Crippen LogP contribution in [0.5, 0.6) is 0 Å². The van der Waals surface area contributed by atoms with E-state index in [1.165, 1.54) is 0 Å². The van der Waals surface area contributed by atoms with Crippen molar-refractivity contribution in [1.29, 1.82) is 0 Å². The van der Waals surface area contributed by atoms with Crippen molar-refractivity contribution in [2.45, 2.75) is 0 Å². The first-order chi connectivity index (χ1) is 5.15. The molecule has 1 aromatic heterocycles. The summed E-state index contributed by atoms with van der Waals surface area (Å²) in [5.41, 5.74) is 10.2. The number of aromatic nitrogens is 2. The molecule has 0 unspecified atom stereocenters. The Kier molecular flexibility index (Phi) is 1.86. The summed E-state index contributed by atoms with van der Waals surface area (Å²) in [4.78, 5) is 17.0. The number of nitroso groups, excluding NO2 is 1. The van der Waals surface area contributed by atoms with Crippen molar-refractivity contribution in [2.24, 2.45) is 5.18 Å². The Hall–Kier alpha value is -1.43. The van der Waals surface area contributed by atoms with Gasteiger partial charge in [0.2, 0.25) is 5.95 Å². The first kappa shape index (κ1) is 7.67.